The number of hydrogen-bond donors (Lipinski definition) is 1. The van der Waals surface area contributed by atoms with Gasteiger partial charge in [0.15, 0.2) is 0 Å². The number of benzene rings is 1. The van der Waals surface area contributed by atoms with E-state index in [4.69, 9.17) is 0 Å². The number of aryl methyl sites for hydroxylation is 1. The number of rotatable bonds is 5. The van der Waals surface area contributed by atoms with Crippen molar-refractivity contribution in [2.45, 2.75) is 40.0 Å². The second kappa shape index (κ2) is 7.35. The smallest absolute Gasteiger partial charge is 0.102 e. The first kappa shape index (κ1) is 15.7. The van der Waals surface area contributed by atoms with Crippen molar-refractivity contribution in [1.29, 1.82) is 0 Å². The highest BCUT2D eigenvalue weighted by Gasteiger charge is 2.15. The zero-order valence-corrected chi connectivity index (χ0v) is 13.9. The average Bonchev–Trinajstić information content (AvgIpc) is 3.03. The molecule has 0 spiro atoms. The molecule has 1 aromatic carbocycles. The molecule has 114 valence electrons. The summed E-state index contributed by atoms with van der Waals surface area (Å²) in [5.74, 6) is 1.25. The number of nitrogens with one attached hydrogen (secondary N) is 1. The third-order valence-corrected chi connectivity index (χ3v) is 4.34. The maximum Gasteiger partial charge on any atom is 0.102 e. The summed E-state index contributed by atoms with van der Waals surface area (Å²) >= 11 is 0. The van der Waals surface area contributed by atoms with Gasteiger partial charge in [0.05, 0.1) is 0 Å². The molecule has 0 saturated carbocycles. The molecule has 21 heavy (non-hydrogen) atoms. The fraction of sp³-hybridized carbons (Fsp3) is 0.474. The fourth-order valence-corrected chi connectivity index (χ4v) is 2.79. The average molecular weight is 284 g/mol. The van der Waals surface area contributed by atoms with Crippen LogP contribution in [-0.2, 0) is 0 Å². The number of nitrogens with zero attached hydrogens (tertiary/aromatic N) is 1. The molecule has 0 unspecified atom stereocenters. The first-order chi connectivity index (χ1) is 10.2. The molecule has 1 heterocycles. The third-order valence-electron chi connectivity index (χ3n) is 4.34. The quantitative estimate of drug-likeness (QED) is 0.809. The molecule has 0 atom stereocenters. The van der Waals surface area contributed by atoms with Gasteiger partial charge < -0.3 is 10.2 Å². The van der Waals surface area contributed by atoms with Crippen LogP contribution in [0.3, 0.4) is 0 Å². The highest BCUT2D eigenvalue weighted by atomic mass is 15.2. The molecule has 0 amide bonds. The Kier molecular flexibility index (Phi) is 5.49. The highest BCUT2D eigenvalue weighted by Crippen LogP contribution is 2.25. The Balaban J connectivity index is 2.38. The second-order valence-corrected chi connectivity index (χ2v) is 5.89. The van der Waals surface area contributed by atoms with Crippen molar-refractivity contribution in [1.82, 2.24) is 10.2 Å². The largest absolute Gasteiger partial charge is 0.375 e. The first-order valence-corrected chi connectivity index (χ1v) is 8.07. The molecule has 1 aromatic rings. The van der Waals surface area contributed by atoms with Gasteiger partial charge in [-0.25, -0.2) is 0 Å². The van der Waals surface area contributed by atoms with Gasteiger partial charge in [0, 0.05) is 20.1 Å². The summed E-state index contributed by atoms with van der Waals surface area (Å²) in [6.45, 7) is 8.94. The Morgan fingerprint density at radius 2 is 1.81 bits per heavy atom. The minimum Gasteiger partial charge on any atom is -0.375 e. The standard InChI is InChI=1S/C19H28N2/c1-5-16(3)18(17-10-8-15(2)9-11-17)14-19(20-4)21-12-6-7-13-21/h8-11,14,20H,5-7,12-13H2,1-4H3/b18-16-,19-14+. The van der Waals surface area contributed by atoms with Gasteiger partial charge in [-0.1, -0.05) is 42.3 Å². The van der Waals surface area contributed by atoms with Gasteiger partial charge in [-0.15, -0.1) is 0 Å². The summed E-state index contributed by atoms with van der Waals surface area (Å²) < 4.78 is 0. The van der Waals surface area contributed by atoms with Crippen LogP contribution in [0.4, 0.5) is 0 Å². The number of allylic oxidation sites excluding steroid dienone is 3. The van der Waals surface area contributed by atoms with Crippen LogP contribution in [0, 0.1) is 6.92 Å². The van der Waals surface area contributed by atoms with Crippen molar-refractivity contribution in [3.8, 4) is 0 Å². The molecule has 0 radical (unpaired) electrons. The summed E-state index contributed by atoms with van der Waals surface area (Å²) in [5, 5.41) is 3.39. The van der Waals surface area contributed by atoms with E-state index in [1.165, 1.54) is 54.0 Å². The Bertz CT molecular complexity index is 517. The van der Waals surface area contributed by atoms with Crippen molar-refractivity contribution in [3.05, 3.63) is 52.9 Å². The summed E-state index contributed by atoms with van der Waals surface area (Å²) in [4.78, 5) is 2.46. The molecular weight excluding hydrogens is 256 g/mol. The Labute approximate surface area is 129 Å². The molecule has 1 aliphatic rings. The predicted molar refractivity (Wildman–Crippen MR) is 92.0 cm³/mol. The molecule has 2 rings (SSSR count). The minimum absolute atomic E-state index is 1.08. The number of hydrogen-bond acceptors (Lipinski definition) is 2. The molecule has 1 aliphatic heterocycles. The molecule has 0 aliphatic carbocycles. The van der Waals surface area contributed by atoms with Crippen molar-refractivity contribution in [3.63, 3.8) is 0 Å². The molecule has 0 bridgehead atoms. The van der Waals surface area contributed by atoms with E-state index in [2.05, 4.69) is 61.3 Å². The van der Waals surface area contributed by atoms with Crippen LogP contribution in [-0.4, -0.2) is 25.0 Å². The van der Waals surface area contributed by atoms with E-state index in [1.807, 2.05) is 7.05 Å². The second-order valence-electron chi connectivity index (χ2n) is 5.89. The molecule has 1 N–H and O–H groups in total. The lowest BCUT2D eigenvalue weighted by molar-refractivity contribution is 0.400. The van der Waals surface area contributed by atoms with E-state index >= 15 is 0 Å². The van der Waals surface area contributed by atoms with Crippen molar-refractivity contribution in [2.75, 3.05) is 20.1 Å². The van der Waals surface area contributed by atoms with E-state index in [9.17, 15) is 0 Å². The predicted octanol–water partition coefficient (Wildman–Crippen LogP) is 4.34. The van der Waals surface area contributed by atoms with Crippen LogP contribution in [0.25, 0.3) is 5.57 Å². The van der Waals surface area contributed by atoms with E-state index in [0.29, 0.717) is 0 Å². The molecule has 2 heteroatoms. The third kappa shape index (κ3) is 3.90. The molecular formula is C19H28N2. The lowest BCUT2D eigenvalue weighted by Gasteiger charge is -2.22. The van der Waals surface area contributed by atoms with Crippen LogP contribution < -0.4 is 5.32 Å². The lowest BCUT2D eigenvalue weighted by atomic mass is 9.98. The Morgan fingerprint density at radius 1 is 1.19 bits per heavy atom. The van der Waals surface area contributed by atoms with E-state index in [0.717, 1.165) is 6.42 Å². The summed E-state index contributed by atoms with van der Waals surface area (Å²) in [5.41, 5.74) is 5.41. The van der Waals surface area contributed by atoms with Crippen molar-refractivity contribution < 1.29 is 0 Å². The molecule has 2 nitrogen and oxygen atoms in total. The van der Waals surface area contributed by atoms with Gasteiger partial charge in [-0.05, 0) is 50.3 Å². The first-order valence-electron chi connectivity index (χ1n) is 8.07. The monoisotopic (exact) mass is 284 g/mol. The SMILES string of the molecule is CC/C(C)=C(/C=C(\NC)N1CCCC1)c1ccc(C)cc1. The highest BCUT2D eigenvalue weighted by molar-refractivity contribution is 5.77. The molecule has 1 saturated heterocycles. The summed E-state index contributed by atoms with van der Waals surface area (Å²) in [7, 11) is 2.03. The molecule has 1 fully saturated rings. The summed E-state index contributed by atoms with van der Waals surface area (Å²) in [6.07, 6.45) is 6.01. The van der Waals surface area contributed by atoms with Gasteiger partial charge in [-0.3, -0.25) is 0 Å². The van der Waals surface area contributed by atoms with Crippen molar-refractivity contribution >= 4 is 5.57 Å². The van der Waals surface area contributed by atoms with E-state index in [1.54, 1.807) is 0 Å². The zero-order chi connectivity index (χ0) is 15.2. The maximum absolute atomic E-state index is 3.39. The van der Waals surface area contributed by atoms with Crippen LogP contribution in [0.15, 0.2) is 41.7 Å². The van der Waals surface area contributed by atoms with E-state index in [-0.39, 0.29) is 0 Å². The molecule has 0 aromatic heterocycles. The van der Waals surface area contributed by atoms with E-state index < -0.39 is 0 Å². The minimum atomic E-state index is 1.08. The maximum atomic E-state index is 3.39. The van der Waals surface area contributed by atoms with Crippen LogP contribution in [0.5, 0.6) is 0 Å². The lowest BCUT2D eigenvalue weighted by Crippen LogP contribution is -2.27. The zero-order valence-electron chi connectivity index (χ0n) is 13.9. The van der Waals surface area contributed by atoms with Gasteiger partial charge in [0.25, 0.3) is 0 Å². The van der Waals surface area contributed by atoms with Gasteiger partial charge in [-0.2, -0.15) is 0 Å². The van der Waals surface area contributed by atoms with Gasteiger partial charge in [0.1, 0.15) is 5.82 Å². The normalized spacial score (nSPS) is 17.0. The van der Waals surface area contributed by atoms with Gasteiger partial charge in [0.2, 0.25) is 0 Å². The topological polar surface area (TPSA) is 15.3 Å². The van der Waals surface area contributed by atoms with Gasteiger partial charge >= 0.3 is 0 Å². The number of likely N-dealkylation sites (tertiary alicyclic amines) is 1. The van der Waals surface area contributed by atoms with Crippen LogP contribution in [0.2, 0.25) is 0 Å². The Morgan fingerprint density at radius 3 is 2.33 bits per heavy atom. The van der Waals surface area contributed by atoms with Crippen LogP contribution in [0.1, 0.15) is 44.2 Å². The fourth-order valence-electron chi connectivity index (χ4n) is 2.79. The van der Waals surface area contributed by atoms with Crippen LogP contribution >= 0.6 is 0 Å². The summed E-state index contributed by atoms with van der Waals surface area (Å²) in [6, 6.07) is 8.86. The van der Waals surface area contributed by atoms with Crippen molar-refractivity contribution in [2.24, 2.45) is 0 Å². The Hall–Kier alpha value is -1.70.